The first kappa shape index (κ1) is 52.9. The molecule has 1 N–H and O–H groups in total. The van der Waals surface area contributed by atoms with Gasteiger partial charge in [-0.25, -0.2) is 0 Å². The quantitative estimate of drug-likeness (QED) is 0.0490. The van der Waals surface area contributed by atoms with E-state index in [0.29, 0.717) is 18.9 Å². The summed E-state index contributed by atoms with van der Waals surface area (Å²) in [6, 6.07) is 0.589. The molecule has 0 saturated carbocycles. The molecule has 0 amide bonds. The van der Waals surface area contributed by atoms with Gasteiger partial charge in [0.15, 0.2) is 0 Å². The number of carbonyl (C=O) groups is 2. The molecule has 0 aromatic heterocycles. The predicted molar refractivity (Wildman–Crippen MR) is 239 cm³/mol. The Bertz CT molecular complexity index is 829. The van der Waals surface area contributed by atoms with Crippen LogP contribution in [0.2, 0.25) is 0 Å². The van der Waals surface area contributed by atoms with Crippen LogP contribution in [0.15, 0.2) is 0 Å². The van der Waals surface area contributed by atoms with Crippen LogP contribution >= 0.6 is 0 Å². The topological polar surface area (TPSA) is 73.9 Å². The molecule has 0 bridgehead atoms. The molecule has 0 radical (unpaired) electrons. The van der Waals surface area contributed by atoms with Crippen molar-refractivity contribution in [3.8, 4) is 0 Å². The Morgan fingerprint density at radius 2 is 0.875 bits per heavy atom. The van der Waals surface area contributed by atoms with Crippen molar-refractivity contribution in [1.29, 1.82) is 0 Å². The summed E-state index contributed by atoms with van der Waals surface area (Å²) in [5, 5.41) is 3.96. The lowest BCUT2D eigenvalue weighted by Crippen LogP contribution is -2.35. The molecule has 0 aromatic carbocycles. The molecular formula is C50H97NO5. The number of ether oxygens (including phenoxy) is 3. The highest BCUT2D eigenvalue weighted by Crippen LogP contribution is 2.20. The number of hydrogen-bond acceptors (Lipinski definition) is 6. The van der Waals surface area contributed by atoms with Crippen molar-refractivity contribution >= 4 is 11.9 Å². The molecule has 2 unspecified atom stereocenters. The maximum Gasteiger partial charge on any atom is 0.306 e. The second kappa shape index (κ2) is 40.6. The first-order valence-electron chi connectivity index (χ1n) is 25.2. The zero-order valence-corrected chi connectivity index (χ0v) is 38.1. The van der Waals surface area contributed by atoms with Gasteiger partial charge in [-0.3, -0.25) is 9.59 Å². The summed E-state index contributed by atoms with van der Waals surface area (Å²) in [7, 11) is 0. The minimum Gasteiger partial charge on any atom is -0.463 e. The van der Waals surface area contributed by atoms with Crippen LogP contribution in [0.25, 0.3) is 0 Å². The molecule has 0 spiro atoms. The molecule has 332 valence electrons. The second-order valence-electron chi connectivity index (χ2n) is 17.9. The third-order valence-corrected chi connectivity index (χ3v) is 12.3. The first-order valence-corrected chi connectivity index (χ1v) is 25.2. The normalized spacial score (nSPS) is 14.7. The number of esters is 2. The van der Waals surface area contributed by atoms with Gasteiger partial charge in [0.05, 0.1) is 6.10 Å². The van der Waals surface area contributed by atoms with Gasteiger partial charge in [-0.1, -0.05) is 168 Å². The van der Waals surface area contributed by atoms with Crippen LogP contribution in [0.4, 0.5) is 0 Å². The highest BCUT2D eigenvalue weighted by Gasteiger charge is 2.17. The number of hydrogen-bond donors (Lipinski definition) is 1. The lowest BCUT2D eigenvalue weighted by molar-refractivity contribution is -0.150. The first-order chi connectivity index (χ1) is 27.5. The van der Waals surface area contributed by atoms with E-state index in [0.717, 1.165) is 70.6 Å². The Balaban J connectivity index is 2.27. The molecule has 56 heavy (non-hydrogen) atoms. The second-order valence-corrected chi connectivity index (χ2v) is 17.9. The van der Waals surface area contributed by atoms with Gasteiger partial charge in [0.1, 0.15) is 6.10 Å². The monoisotopic (exact) mass is 792 g/mol. The van der Waals surface area contributed by atoms with E-state index < -0.39 is 0 Å². The zero-order chi connectivity index (χ0) is 40.6. The van der Waals surface area contributed by atoms with Crippen LogP contribution < -0.4 is 5.32 Å². The fraction of sp³-hybridized carbons (Fsp3) is 0.960. The Kier molecular flexibility index (Phi) is 38.4. The average molecular weight is 792 g/mol. The minimum absolute atomic E-state index is 0.00737. The number of carbonyl (C=O) groups excluding carboxylic acids is 2. The Morgan fingerprint density at radius 3 is 1.34 bits per heavy atom. The summed E-state index contributed by atoms with van der Waals surface area (Å²) in [4.78, 5) is 25.2. The third-order valence-electron chi connectivity index (χ3n) is 12.3. The Hall–Kier alpha value is -1.14. The molecule has 1 saturated heterocycles. The highest BCUT2D eigenvalue weighted by atomic mass is 16.5. The molecule has 0 aliphatic carbocycles. The Labute approximate surface area is 349 Å². The molecule has 2 atom stereocenters. The molecular weight excluding hydrogens is 695 g/mol. The molecule has 6 nitrogen and oxygen atoms in total. The summed E-state index contributed by atoms with van der Waals surface area (Å²) in [5.41, 5.74) is 0. The molecule has 1 aliphatic rings. The van der Waals surface area contributed by atoms with E-state index >= 15 is 0 Å². The highest BCUT2D eigenvalue weighted by molar-refractivity contribution is 5.69. The van der Waals surface area contributed by atoms with Crippen LogP contribution in [0.5, 0.6) is 0 Å². The van der Waals surface area contributed by atoms with E-state index in [1.807, 2.05) is 0 Å². The molecule has 1 rings (SSSR count). The standard InChI is InChI=1S/C50H97NO5/c1-5-8-11-14-19-26-33-45(4)55-49(52)38-31-24-17-20-27-34-47(51-44-46-40-42-54-43-41-46)35-28-21-18-25-32-39-50(53)56-48(36-29-22-15-12-9-6-2)37-30-23-16-13-10-7-3/h45-48,51H,5-44H2,1-4H3. The SMILES string of the molecule is CCCCCCCCC(C)OC(=O)CCCCCCCC(CCCCCCCC(=O)OC(CCCCCCCC)CCCCCCCC)NCC1CCOCC1. The smallest absolute Gasteiger partial charge is 0.306 e. The van der Waals surface area contributed by atoms with Gasteiger partial charge in [-0.15, -0.1) is 0 Å². The van der Waals surface area contributed by atoms with Crippen molar-refractivity contribution < 1.29 is 23.8 Å². The van der Waals surface area contributed by atoms with Crippen molar-refractivity contribution in [3.63, 3.8) is 0 Å². The summed E-state index contributed by atoms with van der Waals surface area (Å²) >= 11 is 0. The van der Waals surface area contributed by atoms with Crippen LogP contribution in [-0.4, -0.2) is 49.9 Å². The number of unbranched alkanes of at least 4 members (excludes halogenated alkanes) is 23. The van der Waals surface area contributed by atoms with E-state index in [4.69, 9.17) is 14.2 Å². The van der Waals surface area contributed by atoms with Gasteiger partial charge in [-0.05, 0) is 96.4 Å². The largest absolute Gasteiger partial charge is 0.463 e. The van der Waals surface area contributed by atoms with Gasteiger partial charge in [0, 0.05) is 32.1 Å². The van der Waals surface area contributed by atoms with Crippen LogP contribution in [-0.2, 0) is 23.8 Å². The summed E-state index contributed by atoms with van der Waals surface area (Å²) in [6.45, 7) is 11.8. The van der Waals surface area contributed by atoms with Crippen molar-refractivity contribution in [2.24, 2.45) is 5.92 Å². The van der Waals surface area contributed by atoms with Crippen LogP contribution in [0.1, 0.15) is 265 Å². The van der Waals surface area contributed by atoms with Crippen LogP contribution in [0, 0.1) is 5.92 Å². The van der Waals surface area contributed by atoms with Crippen molar-refractivity contribution in [2.45, 2.75) is 284 Å². The van der Waals surface area contributed by atoms with Crippen molar-refractivity contribution in [3.05, 3.63) is 0 Å². The van der Waals surface area contributed by atoms with E-state index in [9.17, 15) is 9.59 Å². The maximum absolute atomic E-state index is 12.8. The molecule has 1 heterocycles. The van der Waals surface area contributed by atoms with E-state index in [1.54, 1.807) is 0 Å². The molecule has 1 fully saturated rings. The minimum atomic E-state index is -0.00737. The molecule has 0 aromatic rings. The van der Waals surface area contributed by atoms with Gasteiger partial charge in [0.2, 0.25) is 0 Å². The lowest BCUT2D eigenvalue weighted by Gasteiger charge is -2.26. The van der Waals surface area contributed by atoms with Gasteiger partial charge < -0.3 is 19.5 Å². The molecule has 6 heteroatoms. The third kappa shape index (κ3) is 34.9. The van der Waals surface area contributed by atoms with Gasteiger partial charge >= 0.3 is 11.9 Å². The number of nitrogens with one attached hydrogen (secondary N) is 1. The van der Waals surface area contributed by atoms with Crippen LogP contribution in [0.3, 0.4) is 0 Å². The Morgan fingerprint density at radius 1 is 0.500 bits per heavy atom. The van der Waals surface area contributed by atoms with E-state index in [2.05, 4.69) is 33.0 Å². The fourth-order valence-corrected chi connectivity index (χ4v) is 8.38. The van der Waals surface area contributed by atoms with Gasteiger partial charge in [-0.2, -0.15) is 0 Å². The maximum atomic E-state index is 12.8. The summed E-state index contributed by atoms with van der Waals surface area (Å²) in [6.07, 6.45) is 44.0. The van der Waals surface area contributed by atoms with E-state index in [1.165, 1.54) is 180 Å². The van der Waals surface area contributed by atoms with Crippen molar-refractivity contribution in [1.82, 2.24) is 5.32 Å². The summed E-state index contributed by atoms with van der Waals surface area (Å²) < 4.78 is 17.4. The van der Waals surface area contributed by atoms with E-state index in [-0.39, 0.29) is 24.1 Å². The zero-order valence-electron chi connectivity index (χ0n) is 38.1. The van der Waals surface area contributed by atoms with Crippen molar-refractivity contribution in [2.75, 3.05) is 19.8 Å². The summed E-state index contributed by atoms with van der Waals surface area (Å²) in [5.74, 6) is 0.778. The predicted octanol–water partition coefficient (Wildman–Crippen LogP) is 14.9. The lowest BCUT2D eigenvalue weighted by atomic mass is 9.97. The van der Waals surface area contributed by atoms with Gasteiger partial charge in [0.25, 0.3) is 0 Å². The fourth-order valence-electron chi connectivity index (χ4n) is 8.38. The average Bonchev–Trinajstić information content (AvgIpc) is 3.19. The number of rotatable bonds is 42. The molecule has 1 aliphatic heterocycles.